The van der Waals surface area contributed by atoms with Gasteiger partial charge in [-0.25, -0.2) is 9.97 Å². The molecule has 0 unspecified atom stereocenters. The second-order valence-corrected chi connectivity index (χ2v) is 5.29. The Hall–Kier alpha value is -1.62. The van der Waals surface area contributed by atoms with Crippen LogP contribution in [0.25, 0.3) is 11.0 Å². The summed E-state index contributed by atoms with van der Waals surface area (Å²) in [6.45, 7) is 2.75. The van der Waals surface area contributed by atoms with Gasteiger partial charge < -0.3 is 14.2 Å². The molecule has 19 heavy (non-hydrogen) atoms. The molecule has 0 atom stereocenters. The molecule has 0 fully saturated rings. The molecular weight excluding hydrogens is 240 g/mol. The van der Waals surface area contributed by atoms with Gasteiger partial charge in [-0.2, -0.15) is 0 Å². The lowest BCUT2D eigenvalue weighted by Crippen LogP contribution is -2.19. The average molecular weight is 260 g/mol. The van der Waals surface area contributed by atoms with Crippen LogP contribution >= 0.6 is 0 Å². The highest BCUT2D eigenvalue weighted by molar-refractivity contribution is 5.84. The maximum absolute atomic E-state index is 5.92. The van der Waals surface area contributed by atoms with Gasteiger partial charge in [-0.3, -0.25) is 0 Å². The van der Waals surface area contributed by atoms with E-state index >= 15 is 0 Å². The number of likely N-dealkylation sites (N-methyl/N-ethyl adjacent to an activating group) is 1. The predicted octanol–water partition coefficient (Wildman–Crippen LogP) is 1.71. The van der Waals surface area contributed by atoms with Crippen LogP contribution in [0.4, 0.5) is 0 Å². The molecule has 1 aliphatic rings. The van der Waals surface area contributed by atoms with E-state index in [0.29, 0.717) is 0 Å². The van der Waals surface area contributed by atoms with Crippen LogP contribution in [0, 0.1) is 0 Å². The number of rotatable bonds is 3. The molecule has 0 N–H and O–H groups in total. The van der Waals surface area contributed by atoms with Crippen molar-refractivity contribution in [1.29, 1.82) is 0 Å². The van der Waals surface area contributed by atoms with Crippen LogP contribution in [0.15, 0.2) is 12.5 Å². The van der Waals surface area contributed by atoms with Crippen LogP contribution in [-0.2, 0) is 13.0 Å². The summed E-state index contributed by atoms with van der Waals surface area (Å²) in [5.41, 5.74) is 3.34. The minimum atomic E-state index is 0.795. The second kappa shape index (κ2) is 5.17. The van der Waals surface area contributed by atoms with E-state index in [1.54, 1.807) is 6.33 Å². The number of aromatic nitrogens is 3. The lowest BCUT2D eigenvalue weighted by molar-refractivity contribution is 0.319. The van der Waals surface area contributed by atoms with Crippen LogP contribution < -0.4 is 4.74 Å². The summed E-state index contributed by atoms with van der Waals surface area (Å²) in [6.07, 6.45) is 6.87. The first-order chi connectivity index (χ1) is 9.27. The molecule has 3 heterocycles. The Morgan fingerprint density at radius 3 is 3.11 bits per heavy atom. The summed E-state index contributed by atoms with van der Waals surface area (Å²) in [7, 11) is 4.19. The van der Waals surface area contributed by atoms with Crippen molar-refractivity contribution < 1.29 is 4.74 Å². The summed E-state index contributed by atoms with van der Waals surface area (Å²) in [4.78, 5) is 10.8. The molecule has 0 aliphatic carbocycles. The maximum atomic E-state index is 5.92. The fourth-order valence-electron chi connectivity index (χ4n) is 2.62. The van der Waals surface area contributed by atoms with E-state index in [-0.39, 0.29) is 0 Å². The normalized spacial score (nSPS) is 15.3. The van der Waals surface area contributed by atoms with Gasteiger partial charge in [0, 0.05) is 13.1 Å². The molecular formula is C14H20N4O. The molecule has 0 spiro atoms. The van der Waals surface area contributed by atoms with E-state index in [1.165, 1.54) is 12.1 Å². The third-order valence-electron chi connectivity index (χ3n) is 3.61. The van der Waals surface area contributed by atoms with Crippen LogP contribution in [-0.4, -0.2) is 46.7 Å². The number of hydrogen-bond acceptors (Lipinski definition) is 4. The molecule has 2 aromatic rings. The number of nitrogens with zero attached hydrogens (tertiary/aromatic N) is 4. The zero-order valence-corrected chi connectivity index (χ0v) is 11.6. The highest BCUT2D eigenvalue weighted by atomic mass is 16.5. The molecule has 3 rings (SSSR count). The first-order valence-corrected chi connectivity index (χ1v) is 6.86. The second-order valence-electron chi connectivity index (χ2n) is 5.29. The molecule has 0 radical (unpaired) electrons. The Morgan fingerprint density at radius 2 is 2.26 bits per heavy atom. The molecule has 1 aliphatic heterocycles. The van der Waals surface area contributed by atoms with Crippen LogP contribution in [0.3, 0.4) is 0 Å². The Kier molecular flexibility index (Phi) is 3.38. The molecule has 0 amide bonds. The molecule has 0 bridgehead atoms. The lowest BCUT2D eigenvalue weighted by Gasteiger charge is -2.13. The van der Waals surface area contributed by atoms with E-state index in [9.17, 15) is 0 Å². The summed E-state index contributed by atoms with van der Waals surface area (Å²) >= 11 is 0. The highest BCUT2D eigenvalue weighted by Crippen LogP contribution is 2.34. The molecule has 2 aromatic heterocycles. The molecule has 0 saturated heterocycles. The molecule has 5 nitrogen and oxygen atoms in total. The summed E-state index contributed by atoms with van der Waals surface area (Å²) in [6, 6.07) is 0. The van der Waals surface area contributed by atoms with Gasteiger partial charge in [-0.05, 0) is 33.4 Å². The van der Waals surface area contributed by atoms with Gasteiger partial charge >= 0.3 is 0 Å². The van der Waals surface area contributed by atoms with Crippen molar-refractivity contribution in [3.63, 3.8) is 0 Å². The standard InChI is InChI=1S/C14H20N4O/c1-17(2)6-7-18-11-5-3-4-8-19-14(11)13-12(18)9-15-10-16-13/h9-10H,3-8H2,1-2H3. The summed E-state index contributed by atoms with van der Waals surface area (Å²) in [5, 5.41) is 0. The third-order valence-corrected chi connectivity index (χ3v) is 3.61. The molecule has 0 aromatic carbocycles. The van der Waals surface area contributed by atoms with Gasteiger partial charge in [0.2, 0.25) is 0 Å². The van der Waals surface area contributed by atoms with Gasteiger partial charge in [-0.1, -0.05) is 0 Å². The topological polar surface area (TPSA) is 43.2 Å². The Bertz CT molecular complexity index is 576. The first kappa shape index (κ1) is 12.4. The fraction of sp³-hybridized carbons (Fsp3) is 0.571. The van der Waals surface area contributed by atoms with Crippen molar-refractivity contribution in [2.45, 2.75) is 25.8 Å². The Balaban J connectivity index is 2.09. The summed E-state index contributed by atoms with van der Waals surface area (Å²) in [5.74, 6) is 0.980. The van der Waals surface area contributed by atoms with Gasteiger partial charge in [0.1, 0.15) is 11.8 Å². The van der Waals surface area contributed by atoms with Gasteiger partial charge in [0.05, 0.1) is 24.0 Å². The largest absolute Gasteiger partial charge is 0.489 e. The maximum Gasteiger partial charge on any atom is 0.166 e. The highest BCUT2D eigenvalue weighted by Gasteiger charge is 2.21. The summed E-state index contributed by atoms with van der Waals surface area (Å²) < 4.78 is 8.25. The van der Waals surface area contributed by atoms with E-state index in [2.05, 4.69) is 33.5 Å². The average Bonchev–Trinajstić information content (AvgIpc) is 2.56. The fourth-order valence-corrected chi connectivity index (χ4v) is 2.62. The van der Waals surface area contributed by atoms with Crippen molar-refractivity contribution in [2.24, 2.45) is 0 Å². The smallest absolute Gasteiger partial charge is 0.166 e. The van der Waals surface area contributed by atoms with E-state index in [4.69, 9.17) is 4.74 Å². The van der Waals surface area contributed by atoms with Crippen molar-refractivity contribution in [2.75, 3.05) is 27.2 Å². The molecule has 5 heteroatoms. The van der Waals surface area contributed by atoms with Crippen LogP contribution in [0.5, 0.6) is 5.75 Å². The number of fused-ring (bicyclic) bond motifs is 3. The number of ether oxygens (including phenoxy) is 1. The molecule has 0 saturated carbocycles. The van der Waals surface area contributed by atoms with Crippen molar-refractivity contribution in [3.8, 4) is 5.75 Å². The van der Waals surface area contributed by atoms with E-state index < -0.39 is 0 Å². The zero-order valence-electron chi connectivity index (χ0n) is 11.6. The van der Waals surface area contributed by atoms with Crippen molar-refractivity contribution in [3.05, 3.63) is 18.2 Å². The minimum Gasteiger partial charge on any atom is -0.489 e. The first-order valence-electron chi connectivity index (χ1n) is 6.86. The number of hydrogen-bond donors (Lipinski definition) is 0. The predicted molar refractivity (Wildman–Crippen MR) is 74.5 cm³/mol. The SMILES string of the molecule is CN(C)CCn1c2c(c3ncncc31)OCCCC2. The van der Waals surface area contributed by atoms with E-state index in [0.717, 1.165) is 49.3 Å². The van der Waals surface area contributed by atoms with E-state index in [1.807, 2.05) is 6.20 Å². The lowest BCUT2D eigenvalue weighted by atomic mass is 10.2. The van der Waals surface area contributed by atoms with Gasteiger partial charge in [0.15, 0.2) is 5.75 Å². The van der Waals surface area contributed by atoms with Gasteiger partial charge in [0.25, 0.3) is 0 Å². The third kappa shape index (κ3) is 2.30. The van der Waals surface area contributed by atoms with Crippen molar-refractivity contribution >= 4 is 11.0 Å². The van der Waals surface area contributed by atoms with Crippen LogP contribution in [0.2, 0.25) is 0 Å². The van der Waals surface area contributed by atoms with Crippen molar-refractivity contribution in [1.82, 2.24) is 19.4 Å². The zero-order chi connectivity index (χ0) is 13.2. The quantitative estimate of drug-likeness (QED) is 0.842. The molecule has 102 valence electrons. The Morgan fingerprint density at radius 1 is 1.37 bits per heavy atom. The Labute approximate surface area is 113 Å². The monoisotopic (exact) mass is 260 g/mol. The van der Waals surface area contributed by atoms with Crippen LogP contribution in [0.1, 0.15) is 18.5 Å². The van der Waals surface area contributed by atoms with Gasteiger partial charge in [-0.15, -0.1) is 0 Å². The minimum absolute atomic E-state index is 0.795.